The maximum absolute atomic E-state index is 4.53. The summed E-state index contributed by atoms with van der Waals surface area (Å²) in [4.78, 5) is 4.53. The molecule has 0 atom stereocenters. The van der Waals surface area contributed by atoms with Crippen molar-refractivity contribution < 1.29 is 0 Å². The van der Waals surface area contributed by atoms with Crippen molar-refractivity contribution in [3.63, 3.8) is 0 Å². The predicted molar refractivity (Wildman–Crippen MR) is 93.4 cm³/mol. The molecule has 5 heteroatoms. The van der Waals surface area contributed by atoms with Gasteiger partial charge in [-0.15, -0.1) is 0 Å². The van der Waals surface area contributed by atoms with E-state index < -0.39 is 0 Å². The summed E-state index contributed by atoms with van der Waals surface area (Å²) >= 11 is 3.47. The average molecular weight is 395 g/mol. The highest BCUT2D eigenvalue weighted by atomic mass is 127. The lowest BCUT2D eigenvalue weighted by Gasteiger charge is -1.96. The normalized spacial score (nSPS) is 10.6. The number of benzene rings is 1. The zero-order valence-corrected chi connectivity index (χ0v) is 14.2. The molecule has 0 amide bonds. The lowest BCUT2D eigenvalue weighted by Crippen LogP contribution is -1.81. The number of halogens is 1. The minimum absolute atomic E-state index is 0.845. The third kappa shape index (κ3) is 4.64. The lowest BCUT2D eigenvalue weighted by atomic mass is 10.2. The van der Waals surface area contributed by atoms with Crippen molar-refractivity contribution in [1.82, 2.24) is 8.75 Å². The summed E-state index contributed by atoms with van der Waals surface area (Å²) in [5, 5.41) is 0. The van der Waals surface area contributed by atoms with E-state index in [2.05, 4.69) is 48.5 Å². The number of aromatic nitrogens is 2. The number of hydrogen-bond donors (Lipinski definition) is 0. The Hall–Kier alpha value is -1.34. The molecule has 0 radical (unpaired) electrons. The van der Waals surface area contributed by atoms with E-state index in [0.29, 0.717) is 0 Å². The molecule has 1 aromatic carbocycles. The van der Waals surface area contributed by atoms with E-state index >= 15 is 0 Å². The topological polar surface area (TPSA) is 38.1 Å². The van der Waals surface area contributed by atoms with Gasteiger partial charge in [-0.05, 0) is 65.8 Å². The van der Waals surface area contributed by atoms with Crippen LogP contribution in [0.2, 0.25) is 0 Å². The molecule has 0 aliphatic carbocycles. The van der Waals surface area contributed by atoms with Crippen molar-refractivity contribution in [2.45, 2.75) is 13.8 Å². The second-order valence-electron chi connectivity index (χ2n) is 4.26. The van der Waals surface area contributed by atoms with E-state index in [0.717, 1.165) is 22.5 Å². The van der Waals surface area contributed by atoms with Crippen molar-refractivity contribution in [3.05, 3.63) is 63.0 Å². The van der Waals surface area contributed by atoms with Gasteiger partial charge in [0.1, 0.15) is 0 Å². The van der Waals surface area contributed by atoms with Gasteiger partial charge in [-0.25, -0.2) is 0 Å². The smallest absolute Gasteiger partial charge is 0.0852 e. The largest absolute Gasteiger partial charge is 0.254 e. The minimum atomic E-state index is 0.845. The van der Waals surface area contributed by atoms with Crippen LogP contribution >= 0.6 is 34.3 Å². The fourth-order valence-electron chi connectivity index (χ4n) is 1.49. The van der Waals surface area contributed by atoms with Crippen molar-refractivity contribution in [1.29, 1.82) is 0 Å². The van der Waals surface area contributed by atoms with Crippen molar-refractivity contribution in [2.24, 2.45) is 4.99 Å². The molecule has 0 saturated heterocycles. The molecule has 0 unspecified atom stereocenters. The van der Waals surface area contributed by atoms with Crippen LogP contribution in [-0.2, 0) is 0 Å². The maximum atomic E-state index is 4.53. The second-order valence-corrected chi connectivity index (χ2v) is 6.07. The van der Waals surface area contributed by atoms with Gasteiger partial charge in [0, 0.05) is 9.78 Å². The first-order chi connectivity index (χ1) is 9.65. The van der Waals surface area contributed by atoms with Crippen LogP contribution in [0.1, 0.15) is 16.8 Å². The molecule has 102 valence electrons. The van der Waals surface area contributed by atoms with Crippen LogP contribution in [0.15, 0.2) is 47.6 Å². The van der Waals surface area contributed by atoms with Gasteiger partial charge >= 0.3 is 0 Å². The first-order valence-corrected chi connectivity index (χ1v) is 7.89. The summed E-state index contributed by atoms with van der Waals surface area (Å²) < 4.78 is 9.60. The van der Waals surface area contributed by atoms with Gasteiger partial charge in [-0.1, -0.05) is 18.2 Å². The fourth-order valence-corrected chi connectivity index (χ4v) is 2.44. The quantitative estimate of drug-likeness (QED) is 0.549. The monoisotopic (exact) mass is 395 g/mol. The minimum Gasteiger partial charge on any atom is -0.254 e. The van der Waals surface area contributed by atoms with Gasteiger partial charge in [0.05, 0.1) is 29.3 Å². The van der Waals surface area contributed by atoms with Gasteiger partial charge in [-0.2, -0.15) is 8.75 Å². The summed E-state index contributed by atoms with van der Waals surface area (Å²) in [6.45, 7) is 3.97. The van der Waals surface area contributed by atoms with E-state index in [1.165, 1.54) is 15.3 Å². The van der Waals surface area contributed by atoms with Crippen LogP contribution in [0, 0.1) is 17.4 Å². The van der Waals surface area contributed by atoms with Crippen LogP contribution in [0.25, 0.3) is 0 Å². The zero-order chi connectivity index (χ0) is 14.4. The number of aliphatic imine (C=N–C) groups is 1. The van der Waals surface area contributed by atoms with Crippen molar-refractivity contribution in [3.8, 4) is 0 Å². The molecule has 0 saturated carbocycles. The van der Waals surface area contributed by atoms with Gasteiger partial charge in [0.15, 0.2) is 0 Å². The van der Waals surface area contributed by atoms with E-state index in [4.69, 9.17) is 0 Å². The van der Waals surface area contributed by atoms with Crippen LogP contribution in [0.4, 0.5) is 5.69 Å². The predicted octanol–water partition coefficient (Wildman–Crippen LogP) is 4.63. The molecule has 2 rings (SSSR count). The third-order valence-electron chi connectivity index (χ3n) is 2.59. The highest BCUT2D eigenvalue weighted by Crippen LogP contribution is 2.15. The number of nitrogens with zero attached hydrogens (tertiary/aromatic N) is 3. The number of rotatable bonds is 2. The molecule has 20 heavy (non-hydrogen) atoms. The van der Waals surface area contributed by atoms with E-state index in [1.807, 2.05) is 44.3 Å². The Labute approximate surface area is 136 Å². The summed E-state index contributed by atoms with van der Waals surface area (Å²) in [5.41, 5.74) is 3.93. The van der Waals surface area contributed by atoms with Gasteiger partial charge in [-0.3, -0.25) is 4.99 Å². The van der Waals surface area contributed by atoms with Crippen LogP contribution < -0.4 is 0 Å². The Bertz CT molecular complexity index is 678. The molecule has 0 N–H and O–H groups in total. The molecule has 0 spiro atoms. The summed E-state index contributed by atoms with van der Waals surface area (Å²) in [6.07, 6.45) is 3.61. The standard InChI is InChI=1S/C15H14IN3S/c1-11-6-7-12(2)19-20-18-10-15(11)17-9-13-4-3-5-14(16)8-13/h3-10H,1-2H3. The first kappa shape index (κ1) is 15.1. The molecule has 1 heterocycles. The molecule has 2 aromatic rings. The SMILES string of the molecule is Cc1ccc(C)c(N=Cc2cccc(I)c2)cnsn1. The molecule has 0 aliphatic rings. The summed E-state index contributed by atoms with van der Waals surface area (Å²) in [5.74, 6) is 0. The van der Waals surface area contributed by atoms with Gasteiger partial charge in [0.25, 0.3) is 0 Å². The van der Waals surface area contributed by atoms with Gasteiger partial charge < -0.3 is 0 Å². The Morgan fingerprint density at radius 1 is 1.20 bits per heavy atom. The molecule has 0 bridgehead atoms. The second kappa shape index (κ2) is 7.44. The molecule has 1 aromatic heterocycles. The fraction of sp³-hybridized carbons (Fsp3) is 0.133. The van der Waals surface area contributed by atoms with Crippen LogP contribution in [0.3, 0.4) is 0 Å². The number of aryl methyl sites for hydroxylation is 2. The summed E-state index contributed by atoms with van der Waals surface area (Å²) in [6, 6.07) is 12.2. The van der Waals surface area contributed by atoms with Crippen molar-refractivity contribution in [2.75, 3.05) is 0 Å². The first-order valence-electron chi connectivity index (χ1n) is 6.08. The van der Waals surface area contributed by atoms with E-state index in [9.17, 15) is 0 Å². The summed E-state index contributed by atoms with van der Waals surface area (Å²) in [7, 11) is 0. The Kier molecular flexibility index (Phi) is 5.60. The van der Waals surface area contributed by atoms with E-state index in [1.54, 1.807) is 6.20 Å². The Morgan fingerprint density at radius 2 is 2.05 bits per heavy atom. The Morgan fingerprint density at radius 3 is 2.85 bits per heavy atom. The van der Waals surface area contributed by atoms with Crippen LogP contribution in [-0.4, -0.2) is 15.0 Å². The molecule has 0 aliphatic heterocycles. The highest BCUT2D eigenvalue weighted by molar-refractivity contribution is 14.1. The molecular formula is C15H14IN3S. The maximum Gasteiger partial charge on any atom is 0.0852 e. The van der Waals surface area contributed by atoms with E-state index in [-0.39, 0.29) is 0 Å². The molecular weight excluding hydrogens is 381 g/mol. The molecule has 3 nitrogen and oxygen atoms in total. The molecule has 0 fully saturated rings. The third-order valence-corrected chi connectivity index (χ3v) is 3.83. The zero-order valence-electron chi connectivity index (χ0n) is 11.2. The average Bonchev–Trinajstić information content (AvgIpc) is 2.50. The van der Waals surface area contributed by atoms with Gasteiger partial charge in [0.2, 0.25) is 0 Å². The van der Waals surface area contributed by atoms with Crippen LogP contribution in [0.5, 0.6) is 0 Å². The Balaban J connectivity index is 2.39. The number of hydrogen-bond acceptors (Lipinski definition) is 4. The highest BCUT2D eigenvalue weighted by Gasteiger charge is 1.93. The lowest BCUT2D eigenvalue weighted by molar-refractivity contribution is 1.31. The van der Waals surface area contributed by atoms with Crippen molar-refractivity contribution >= 4 is 46.2 Å².